The van der Waals surface area contributed by atoms with E-state index in [9.17, 15) is 0 Å². The summed E-state index contributed by atoms with van der Waals surface area (Å²) in [4.78, 5) is 0. The Morgan fingerprint density at radius 1 is 0.577 bits per heavy atom. The van der Waals surface area contributed by atoms with Gasteiger partial charge in [-0.2, -0.15) is 0 Å². The number of hydrogen-bond acceptors (Lipinski definition) is 0. The molecule has 130 valence electrons. The van der Waals surface area contributed by atoms with Crippen LogP contribution in [0, 0.1) is 22.9 Å². The third-order valence-electron chi connectivity index (χ3n) is 4.03. The van der Waals surface area contributed by atoms with E-state index in [2.05, 4.69) is 111 Å². The molecule has 0 atom stereocenters. The molecule has 0 radical (unpaired) electrons. The summed E-state index contributed by atoms with van der Waals surface area (Å²) in [5.41, 5.74) is 9.26. The average Bonchev–Trinajstić information content (AvgIpc) is 2.55. The lowest BCUT2D eigenvalue weighted by Gasteiger charge is -2.09. The minimum atomic E-state index is -1.42. The highest BCUT2D eigenvalue weighted by Gasteiger charge is 2.11. The van der Waals surface area contributed by atoms with E-state index >= 15 is 0 Å². The van der Waals surface area contributed by atoms with Crippen molar-refractivity contribution in [3.8, 4) is 22.9 Å². The predicted molar refractivity (Wildman–Crippen MR) is 122 cm³/mol. The Kier molecular flexibility index (Phi) is 4.85. The molecule has 0 saturated carbocycles. The maximum atomic E-state index is 3.51. The van der Waals surface area contributed by atoms with E-state index in [1.54, 1.807) is 0 Å². The van der Waals surface area contributed by atoms with Crippen molar-refractivity contribution in [1.82, 2.24) is 0 Å². The average molecular weight is 371 g/mol. The summed E-state index contributed by atoms with van der Waals surface area (Å²) in [6.07, 6.45) is 0. The van der Waals surface area contributed by atoms with Gasteiger partial charge in [0, 0.05) is 11.1 Å². The van der Waals surface area contributed by atoms with Crippen molar-refractivity contribution in [3.63, 3.8) is 0 Å². The van der Waals surface area contributed by atoms with E-state index < -0.39 is 16.1 Å². The van der Waals surface area contributed by atoms with Crippen LogP contribution in [0.2, 0.25) is 39.3 Å². The van der Waals surface area contributed by atoms with Crippen molar-refractivity contribution in [1.29, 1.82) is 0 Å². The molecule has 0 bridgehead atoms. The minimum Gasteiger partial charge on any atom is -0.127 e. The van der Waals surface area contributed by atoms with E-state index in [1.807, 2.05) is 0 Å². The molecule has 0 spiro atoms. The lowest BCUT2D eigenvalue weighted by Crippen LogP contribution is -2.16. The van der Waals surface area contributed by atoms with Gasteiger partial charge in [-0.1, -0.05) is 75.4 Å². The van der Waals surface area contributed by atoms with Gasteiger partial charge < -0.3 is 0 Å². The van der Waals surface area contributed by atoms with E-state index in [4.69, 9.17) is 0 Å². The molecule has 0 fully saturated rings. The SMILES string of the molecule is C[Si](C)(C)C#Cc1ccc(C#C[Si](C)(C)C)c2cc3ccccc3cc12. The minimum absolute atomic E-state index is 1.12. The number of benzene rings is 3. The molecule has 0 amide bonds. The molecule has 0 unspecified atom stereocenters. The van der Waals surface area contributed by atoms with Crippen molar-refractivity contribution < 1.29 is 0 Å². The van der Waals surface area contributed by atoms with Crippen LogP contribution in [-0.2, 0) is 0 Å². The molecule has 3 rings (SSSR count). The molecule has 26 heavy (non-hydrogen) atoms. The highest BCUT2D eigenvalue weighted by molar-refractivity contribution is 6.84. The molecule has 2 heteroatoms. The van der Waals surface area contributed by atoms with Crippen molar-refractivity contribution in [3.05, 3.63) is 59.7 Å². The molecule has 0 aliphatic rings. The fourth-order valence-corrected chi connectivity index (χ4v) is 3.78. The molecule has 3 aromatic rings. The summed E-state index contributed by atoms with van der Waals surface area (Å²) in [6, 6.07) is 17.4. The number of hydrogen-bond donors (Lipinski definition) is 0. The van der Waals surface area contributed by atoms with E-state index in [-0.39, 0.29) is 0 Å². The van der Waals surface area contributed by atoms with Gasteiger partial charge in [0.1, 0.15) is 16.1 Å². The standard InChI is InChI=1S/C24H26Si2/c1-25(2,3)15-13-19-11-12-20(14-16-26(4,5)6)24-18-22-10-8-7-9-21(22)17-23(19)24/h7-12,17-18H,1-6H3. The zero-order valence-electron chi connectivity index (χ0n) is 16.6. The lowest BCUT2D eigenvalue weighted by molar-refractivity contribution is 1.68. The van der Waals surface area contributed by atoms with Gasteiger partial charge in [0.2, 0.25) is 0 Å². The van der Waals surface area contributed by atoms with Crippen LogP contribution in [0.5, 0.6) is 0 Å². The second-order valence-corrected chi connectivity index (χ2v) is 18.4. The Morgan fingerprint density at radius 2 is 0.962 bits per heavy atom. The molecule has 0 heterocycles. The van der Waals surface area contributed by atoms with Crippen LogP contribution in [-0.4, -0.2) is 16.1 Å². The Labute approximate surface area is 159 Å². The van der Waals surface area contributed by atoms with Gasteiger partial charge in [-0.25, -0.2) is 0 Å². The number of rotatable bonds is 0. The molecule has 3 aromatic carbocycles. The Bertz CT molecular complexity index is 1010. The maximum absolute atomic E-state index is 3.51. The summed E-state index contributed by atoms with van der Waals surface area (Å²) in [7, 11) is -2.84. The molecular weight excluding hydrogens is 344 g/mol. The fraction of sp³-hybridized carbons (Fsp3) is 0.250. The van der Waals surface area contributed by atoms with Crippen LogP contribution in [0.15, 0.2) is 48.5 Å². The smallest absolute Gasteiger partial charge is 0.127 e. The topological polar surface area (TPSA) is 0 Å². The van der Waals surface area contributed by atoms with Gasteiger partial charge in [-0.3, -0.25) is 0 Å². The molecule has 0 aliphatic carbocycles. The van der Waals surface area contributed by atoms with Gasteiger partial charge in [-0.05, 0) is 45.8 Å². The molecule has 0 N–H and O–H groups in total. The van der Waals surface area contributed by atoms with E-state index in [0.29, 0.717) is 0 Å². The summed E-state index contributed by atoms with van der Waals surface area (Å²) in [5.74, 6) is 6.93. The van der Waals surface area contributed by atoms with E-state index in [1.165, 1.54) is 21.5 Å². The zero-order valence-corrected chi connectivity index (χ0v) is 18.6. The van der Waals surface area contributed by atoms with Crippen LogP contribution < -0.4 is 0 Å². The van der Waals surface area contributed by atoms with Gasteiger partial charge >= 0.3 is 0 Å². The fourth-order valence-electron chi connectivity index (χ4n) is 2.76. The molecule has 0 aliphatic heterocycles. The van der Waals surface area contributed by atoms with Crippen LogP contribution in [0.3, 0.4) is 0 Å². The van der Waals surface area contributed by atoms with Crippen LogP contribution in [0.1, 0.15) is 11.1 Å². The summed E-state index contributed by atoms with van der Waals surface area (Å²) in [6.45, 7) is 13.7. The van der Waals surface area contributed by atoms with Crippen LogP contribution in [0.4, 0.5) is 0 Å². The quantitative estimate of drug-likeness (QED) is 0.242. The molecule has 0 nitrogen and oxygen atoms in total. The largest absolute Gasteiger partial charge is 0.129 e. The highest BCUT2D eigenvalue weighted by Crippen LogP contribution is 2.28. The molecular formula is C24H26Si2. The van der Waals surface area contributed by atoms with Gasteiger partial charge in [0.15, 0.2) is 0 Å². The lowest BCUT2D eigenvalue weighted by atomic mass is 9.96. The van der Waals surface area contributed by atoms with Crippen LogP contribution >= 0.6 is 0 Å². The Hall–Kier alpha value is -2.27. The van der Waals surface area contributed by atoms with Crippen molar-refractivity contribution in [2.75, 3.05) is 0 Å². The Morgan fingerprint density at radius 3 is 1.31 bits per heavy atom. The number of fused-ring (bicyclic) bond motifs is 2. The summed E-state index contributed by atoms with van der Waals surface area (Å²) < 4.78 is 0. The van der Waals surface area contributed by atoms with Crippen molar-refractivity contribution in [2.24, 2.45) is 0 Å². The maximum Gasteiger partial charge on any atom is 0.129 e. The van der Waals surface area contributed by atoms with Gasteiger partial charge in [0.25, 0.3) is 0 Å². The summed E-state index contributed by atoms with van der Waals surface area (Å²) in [5, 5.41) is 4.95. The van der Waals surface area contributed by atoms with Gasteiger partial charge in [0.05, 0.1) is 0 Å². The predicted octanol–water partition coefficient (Wildman–Crippen LogP) is 6.45. The highest BCUT2D eigenvalue weighted by atomic mass is 28.3. The first kappa shape index (κ1) is 18.5. The summed E-state index contributed by atoms with van der Waals surface area (Å²) >= 11 is 0. The van der Waals surface area contributed by atoms with Crippen LogP contribution in [0.25, 0.3) is 21.5 Å². The first-order chi connectivity index (χ1) is 12.1. The van der Waals surface area contributed by atoms with Crippen molar-refractivity contribution in [2.45, 2.75) is 39.3 Å². The third-order valence-corrected chi connectivity index (χ3v) is 5.78. The van der Waals surface area contributed by atoms with E-state index in [0.717, 1.165) is 11.1 Å². The molecule has 0 saturated heterocycles. The van der Waals surface area contributed by atoms with Gasteiger partial charge in [-0.15, -0.1) is 11.1 Å². The normalized spacial score (nSPS) is 11.6. The first-order valence-corrected chi connectivity index (χ1v) is 16.1. The Balaban J connectivity index is 2.32. The first-order valence-electron chi connectivity index (χ1n) is 9.14. The third kappa shape index (κ3) is 4.47. The van der Waals surface area contributed by atoms with Crippen molar-refractivity contribution >= 4 is 37.7 Å². The second-order valence-electron chi connectivity index (χ2n) is 8.91. The monoisotopic (exact) mass is 370 g/mol. The zero-order chi connectivity index (χ0) is 18.9. The second kappa shape index (κ2) is 6.80. The molecule has 0 aromatic heterocycles.